The Morgan fingerprint density at radius 2 is 1.75 bits per heavy atom. The van der Waals surface area contributed by atoms with Crippen LogP contribution in [0, 0.1) is 6.92 Å². The third-order valence-electron chi connectivity index (χ3n) is 6.50. The van der Waals surface area contributed by atoms with E-state index in [0.29, 0.717) is 29.7 Å². The predicted octanol–water partition coefficient (Wildman–Crippen LogP) is 5.02. The van der Waals surface area contributed by atoms with Crippen LogP contribution in [0.15, 0.2) is 83.8 Å². The number of amides is 1. The molecule has 0 saturated heterocycles. The Bertz CT molecular complexity index is 1370. The van der Waals surface area contributed by atoms with E-state index in [9.17, 15) is 9.59 Å². The van der Waals surface area contributed by atoms with Crippen molar-refractivity contribution in [2.24, 2.45) is 0 Å². The van der Waals surface area contributed by atoms with E-state index < -0.39 is 0 Å². The maximum atomic E-state index is 13.9. The first-order chi connectivity index (χ1) is 17.5. The number of rotatable bonds is 10. The molecule has 0 bridgehead atoms. The minimum atomic E-state index is -0.278. The second-order valence-electron chi connectivity index (χ2n) is 9.18. The average molecular weight is 544 g/mol. The Morgan fingerprint density at radius 1 is 1.03 bits per heavy atom. The summed E-state index contributed by atoms with van der Waals surface area (Å²) in [5.41, 5.74) is 4.76. The van der Waals surface area contributed by atoms with Crippen LogP contribution >= 0.6 is 0 Å². The van der Waals surface area contributed by atoms with E-state index in [4.69, 9.17) is 4.98 Å². The summed E-state index contributed by atoms with van der Waals surface area (Å²) in [6, 6.07) is 23.1. The molecule has 0 aliphatic carbocycles. The number of nitrogens with zero attached hydrogens (tertiary/aromatic N) is 3. The number of aromatic nitrogens is 2. The molecule has 0 aliphatic heterocycles. The van der Waals surface area contributed by atoms with Gasteiger partial charge in [0.15, 0.2) is 0 Å². The van der Waals surface area contributed by atoms with E-state index in [1.807, 2.05) is 84.6 Å². The van der Waals surface area contributed by atoms with Gasteiger partial charge in [-0.15, -0.1) is 0 Å². The van der Waals surface area contributed by atoms with E-state index in [1.165, 1.54) is 0 Å². The number of aryl methyl sites for hydroxylation is 1. The van der Waals surface area contributed by atoms with Crippen LogP contribution in [0.4, 0.5) is 0 Å². The molecule has 0 saturated carbocycles. The van der Waals surface area contributed by atoms with Gasteiger partial charge in [0.1, 0.15) is 0 Å². The first-order valence-electron chi connectivity index (χ1n) is 12.6. The predicted molar refractivity (Wildman–Crippen MR) is 149 cm³/mol. The van der Waals surface area contributed by atoms with Crippen molar-refractivity contribution >= 4 is 28.4 Å². The zero-order valence-corrected chi connectivity index (χ0v) is 23.5. The van der Waals surface area contributed by atoms with Crippen molar-refractivity contribution in [3.63, 3.8) is 0 Å². The fourth-order valence-electron chi connectivity index (χ4n) is 4.62. The summed E-state index contributed by atoms with van der Waals surface area (Å²) < 4.78 is 1.62. The van der Waals surface area contributed by atoms with E-state index in [2.05, 4.69) is 6.92 Å². The van der Waals surface area contributed by atoms with Crippen molar-refractivity contribution in [2.75, 3.05) is 6.54 Å². The number of hydrogen-bond acceptors (Lipinski definition) is 3. The average Bonchev–Trinajstić information content (AvgIpc) is 2.90. The third kappa shape index (κ3) is 5.79. The zero-order valence-electron chi connectivity index (χ0n) is 21.1. The van der Waals surface area contributed by atoms with Crippen LogP contribution in [0.25, 0.3) is 5.65 Å². The van der Waals surface area contributed by atoms with Gasteiger partial charge in [0.2, 0.25) is 0 Å². The quantitative estimate of drug-likeness (QED) is 0.264. The third-order valence-corrected chi connectivity index (χ3v) is 7.36. The van der Waals surface area contributed by atoms with Crippen LogP contribution < -0.4 is 5.56 Å². The number of carbonyl (C=O) groups is 1. The molecule has 0 aliphatic rings. The standard InChI is InChI=1S/C30H34AsN3O2/c1-3-10-26(33(20-9-18-31)29(35)24-16-14-22(2)15-17-24)28-25(21-23-11-5-4-6-12-23)30(36)34-19-8-7-13-27(34)32-28/h4-8,11-17,19,26H,3,9-10,18,20-21,31H2,1-2H3. The number of hydrogen-bond donors (Lipinski definition) is 0. The van der Waals surface area contributed by atoms with E-state index in [-0.39, 0.29) is 17.5 Å². The number of fused-ring (bicyclic) bond motifs is 1. The van der Waals surface area contributed by atoms with Crippen molar-refractivity contribution in [2.45, 2.75) is 50.8 Å². The Hall–Kier alpha value is -3.17. The summed E-state index contributed by atoms with van der Waals surface area (Å²) in [6.45, 7) is 4.78. The summed E-state index contributed by atoms with van der Waals surface area (Å²) in [5, 5.41) is 1.04. The van der Waals surface area contributed by atoms with Gasteiger partial charge in [-0.1, -0.05) is 0 Å². The Kier molecular flexibility index (Phi) is 8.77. The van der Waals surface area contributed by atoms with Gasteiger partial charge in [0.05, 0.1) is 0 Å². The molecule has 186 valence electrons. The molecule has 0 radical (unpaired) electrons. The van der Waals surface area contributed by atoms with Crippen LogP contribution in [-0.4, -0.2) is 43.6 Å². The number of pyridine rings is 1. The molecule has 2 atom stereocenters. The molecule has 4 aromatic rings. The SMILES string of the molecule is CCCC(c1nc2ccccn2c(=O)c1Cc1ccccc1)N(CCC[AsH2])C(=O)c1ccc(C)cc1. The van der Waals surface area contributed by atoms with Gasteiger partial charge in [-0.2, -0.15) is 0 Å². The van der Waals surface area contributed by atoms with E-state index in [1.54, 1.807) is 27.5 Å². The van der Waals surface area contributed by atoms with Crippen molar-refractivity contribution in [3.8, 4) is 0 Å². The molecule has 2 aromatic heterocycles. The summed E-state index contributed by atoms with van der Waals surface area (Å²) >= 11 is 1.66. The normalized spacial score (nSPS) is 12.0. The van der Waals surface area contributed by atoms with Gasteiger partial charge in [-0.05, 0) is 0 Å². The monoisotopic (exact) mass is 543 g/mol. The van der Waals surface area contributed by atoms with Gasteiger partial charge in [0, 0.05) is 0 Å². The Balaban J connectivity index is 1.88. The molecule has 6 heteroatoms. The number of benzene rings is 2. The zero-order chi connectivity index (χ0) is 25.5. The van der Waals surface area contributed by atoms with Gasteiger partial charge < -0.3 is 0 Å². The van der Waals surface area contributed by atoms with Crippen molar-refractivity contribution < 1.29 is 4.79 Å². The van der Waals surface area contributed by atoms with Crippen LogP contribution in [0.3, 0.4) is 0 Å². The van der Waals surface area contributed by atoms with Crippen LogP contribution in [0.5, 0.6) is 0 Å². The fourth-order valence-corrected chi connectivity index (χ4v) is 5.00. The second kappa shape index (κ2) is 12.2. The van der Waals surface area contributed by atoms with Crippen molar-refractivity contribution in [1.82, 2.24) is 14.3 Å². The first-order valence-corrected chi connectivity index (χ1v) is 14.4. The summed E-state index contributed by atoms with van der Waals surface area (Å²) in [4.78, 5) is 34.7. The maximum absolute atomic E-state index is 13.9. The Morgan fingerprint density at radius 3 is 2.44 bits per heavy atom. The molecule has 36 heavy (non-hydrogen) atoms. The topological polar surface area (TPSA) is 54.7 Å². The summed E-state index contributed by atoms with van der Waals surface area (Å²) in [5.74, 6) is -0.00452. The molecule has 0 spiro atoms. The van der Waals surface area contributed by atoms with Crippen molar-refractivity contribution in [3.05, 3.63) is 117 Å². The van der Waals surface area contributed by atoms with Crippen LogP contribution in [0.1, 0.15) is 65.0 Å². The van der Waals surface area contributed by atoms with Crippen LogP contribution in [-0.2, 0) is 6.42 Å². The molecule has 2 aromatic carbocycles. The van der Waals surface area contributed by atoms with Gasteiger partial charge in [-0.25, -0.2) is 0 Å². The number of carbonyl (C=O) groups excluding carboxylic acids is 1. The second-order valence-corrected chi connectivity index (χ2v) is 10.4. The van der Waals surface area contributed by atoms with Gasteiger partial charge in [0.25, 0.3) is 0 Å². The summed E-state index contributed by atoms with van der Waals surface area (Å²) in [6.07, 6.45) is 4.77. The molecule has 4 rings (SSSR count). The van der Waals surface area contributed by atoms with Crippen molar-refractivity contribution in [1.29, 1.82) is 0 Å². The summed E-state index contributed by atoms with van der Waals surface area (Å²) in [7, 11) is 0. The molecule has 0 N–H and O–H groups in total. The molecular weight excluding hydrogens is 509 g/mol. The molecule has 0 fully saturated rings. The van der Waals surface area contributed by atoms with E-state index >= 15 is 0 Å². The van der Waals surface area contributed by atoms with Gasteiger partial charge >= 0.3 is 222 Å². The molecule has 2 unspecified atom stereocenters. The minimum absolute atomic E-state index is 0.00452. The fraction of sp³-hybridized carbons (Fsp3) is 0.300. The molecular formula is C30H34AsN3O2. The first kappa shape index (κ1) is 25.9. The molecule has 2 heterocycles. The van der Waals surface area contributed by atoms with Crippen LogP contribution in [0.2, 0.25) is 5.21 Å². The Labute approximate surface area is 221 Å². The van der Waals surface area contributed by atoms with E-state index in [0.717, 1.165) is 41.3 Å². The molecule has 1 amide bonds. The molecule has 5 nitrogen and oxygen atoms in total. The van der Waals surface area contributed by atoms with Gasteiger partial charge in [-0.3, -0.25) is 0 Å².